The van der Waals surface area contributed by atoms with Gasteiger partial charge in [-0.15, -0.1) is 0 Å². The van der Waals surface area contributed by atoms with Crippen LogP contribution in [-0.2, 0) is 4.79 Å². The number of aliphatic hydroxyl groups is 3. The number of fused-ring (bicyclic) bond motifs is 5. The van der Waals surface area contributed by atoms with Gasteiger partial charge in [0.05, 0.1) is 12.2 Å². The predicted octanol–water partition coefficient (Wildman–Crippen LogP) is 2.26. The van der Waals surface area contributed by atoms with Gasteiger partial charge in [-0.2, -0.15) is 0 Å². The molecule has 4 aliphatic rings. The molecule has 0 aromatic heterocycles. The number of carbonyl (C=O) groups is 1. The van der Waals surface area contributed by atoms with Gasteiger partial charge in [0, 0.05) is 5.41 Å². The van der Waals surface area contributed by atoms with E-state index < -0.39 is 23.1 Å². The third kappa shape index (κ3) is 2.00. The lowest BCUT2D eigenvalue weighted by Crippen LogP contribution is -2.61. The van der Waals surface area contributed by atoms with Crippen molar-refractivity contribution in [2.45, 2.75) is 70.2 Å². The van der Waals surface area contributed by atoms with Crippen LogP contribution in [-0.4, -0.2) is 44.2 Å². The van der Waals surface area contributed by atoms with Crippen LogP contribution in [0.4, 0.5) is 0 Å². The maximum atomic E-state index is 12.0. The summed E-state index contributed by atoms with van der Waals surface area (Å²) in [6.07, 6.45) is 5.01. The van der Waals surface area contributed by atoms with E-state index in [2.05, 4.69) is 19.6 Å². The lowest BCUT2D eigenvalue weighted by molar-refractivity contribution is -0.188. The highest BCUT2D eigenvalue weighted by Gasteiger charge is 2.70. The quantitative estimate of drug-likeness (QED) is 0.537. The SMILES string of the molecule is C=C1C[C@H]2[C@@H]3CC=C4CC(O)CC[C@]4(C)[C@@H]3C(O)C[C@]2(C)C1(O)C(=O)O. The van der Waals surface area contributed by atoms with Crippen LogP contribution in [0.25, 0.3) is 0 Å². The van der Waals surface area contributed by atoms with Crippen LogP contribution in [0.1, 0.15) is 52.4 Å². The lowest BCUT2D eigenvalue weighted by atomic mass is 9.46. The summed E-state index contributed by atoms with van der Waals surface area (Å²) in [7, 11) is 0. The van der Waals surface area contributed by atoms with Gasteiger partial charge in [0.25, 0.3) is 0 Å². The molecule has 3 unspecified atom stereocenters. The van der Waals surface area contributed by atoms with Crippen molar-refractivity contribution in [2.24, 2.45) is 28.6 Å². The maximum absolute atomic E-state index is 12.0. The topological polar surface area (TPSA) is 98.0 Å². The van der Waals surface area contributed by atoms with Crippen LogP contribution in [0.5, 0.6) is 0 Å². The van der Waals surface area contributed by atoms with Crippen molar-refractivity contribution in [2.75, 3.05) is 0 Å². The van der Waals surface area contributed by atoms with Gasteiger partial charge in [0.2, 0.25) is 0 Å². The molecule has 0 bridgehead atoms. The predicted molar refractivity (Wildman–Crippen MR) is 96.2 cm³/mol. The van der Waals surface area contributed by atoms with Gasteiger partial charge in [-0.25, -0.2) is 4.79 Å². The molecule has 3 fully saturated rings. The summed E-state index contributed by atoms with van der Waals surface area (Å²) in [5.41, 5.74) is -1.44. The van der Waals surface area contributed by atoms with Gasteiger partial charge in [0.15, 0.2) is 5.60 Å². The van der Waals surface area contributed by atoms with Crippen LogP contribution in [0, 0.1) is 28.6 Å². The van der Waals surface area contributed by atoms with E-state index in [1.807, 2.05) is 6.92 Å². The van der Waals surface area contributed by atoms with Crippen molar-refractivity contribution in [1.82, 2.24) is 0 Å². The molecule has 0 heterocycles. The minimum absolute atomic E-state index is 0.00836. The molecule has 0 saturated heterocycles. The Balaban J connectivity index is 1.78. The summed E-state index contributed by atoms with van der Waals surface area (Å²) in [5.74, 6) is -1.10. The minimum Gasteiger partial charge on any atom is -0.479 e. The number of hydrogen-bond donors (Lipinski definition) is 4. The first-order chi connectivity index (χ1) is 12.1. The van der Waals surface area contributed by atoms with Crippen molar-refractivity contribution >= 4 is 5.97 Å². The summed E-state index contributed by atoms with van der Waals surface area (Å²) in [6.45, 7) is 7.92. The van der Waals surface area contributed by atoms with Gasteiger partial charge in [-0.05, 0) is 67.3 Å². The Kier molecular flexibility index (Phi) is 3.80. The fourth-order valence-corrected chi connectivity index (χ4v) is 7.13. The summed E-state index contributed by atoms with van der Waals surface area (Å²) in [4.78, 5) is 12.0. The van der Waals surface area contributed by atoms with E-state index in [1.165, 1.54) is 5.57 Å². The third-order valence-electron chi connectivity index (χ3n) is 8.52. The van der Waals surface area contributed by atoms with Crippen LogP contribution < -0.4 is 0 Å². The Bertz CT molecular complexity index is 699. The Hall–Kier alpha value is -1.17. The molecule has 0 radical (unpaired) electrons. The Labute approximate surface area is 154 Å². The van der Waals surface area contributed by atoms with E-state index in [1.54, 1.807) is 0 Å². The Morgan fingerprint density at radius 2 is 1.96 bits per heavy atom. The van der Waals surface area contributed by atoms with Crippen LogP contribution >= 0.6 is 0 Å². The van der Waals surface area contributed by atoms with Crippen molar-refractivity contribution < 1.29 is 25.2 Å². The molecule has 5 nitrogen and oxygen atoms in total. The first-order valence-electron chi connectivity index (χ1n) is 9.75. The fraction of sp³-hybridized carbons (Fsp3) is 0.762. The third-order valence-corrected chi connectivity index (χ3v) is 8.52. The first kappa shape index (κ1) is 18.2. The number of aliphatic carboxylic acids is 1. The molecular formula is C21H30O5. The zero-order valence-corrected chi connectivity index (χ0v) is 15.6. The molecule has 4 N–H and O–H groups in total. The summed E-state index contributed by atoms with van der Waals surface area (Å²) >= 11 is 0. The largest absolute Gasteiger partial charge is 0.479 e. The number of allylic oxidation sites excluding steroid dienone is 1. The second-order valence-corrected chi connectivity index (χ2v) is 9.59. The molecule has 8 atom stereocenters. The monoisotopic (exact) mass is 362 g/mol. The smallest absolute Gasteiger partial charge is 0.340 e. The standard InChI is InChI=1S/C21H30O5/c1-11-8-15-14-5-4-12-9-13(22)6-7-19(12,2)17(14)16(23)10-20(15,3)21(11,26)18(24)25/h4,13-17,22-23,26H,1,5-10H2,2-3H3,(H,24,25)/t13?,14-,15-,16?,17-,19-,20-,21?/m0/s1. The molecule has 4 rings (SSSR count). The van der Waals surface area contributed by atoms with E-state index in [0.717, 1.165) is 19.3 Å². The molecule has 26 heavy (non-hydrogen) atoms. The van der Waals surface area contributed by atoms with Gasteiger partial charge in [-0.1, -0.05) is 32.1 Å². The van der Waals surface area contributed by atoms with E-state index in [-0.39, 0.29) is 35.7 Å². The molecule has 0 amide bonds. The highest BCUT2D eigenvalue weighted by atomic mass is 16.4. The number of hydrogen-bond acceptors (Lipinski definition) is 4. The van der Waals surface area contributed by atoms with E-state index >= 15 is 0 Å². The number of aliphatic hydroxyl groups excluding tert-OH is 2. The minimum atomic E-state index is -1.97. The molecule has 0 aromatic rings. The van der Waals surface area contributed by atoms with Crippen molar-refractivity contribution in [3.05, 3.63) is 23.8 Å². The second-order valence-electron chi connectivity index (χ2n) is 9.59. The van der Waals surface area contributed by atoms with E-state index in [4.69, 9.17) is 0 Å². The molecular weight excluding hydrogens is 332 g/mol. The lowest BCUT2D eigenvalue weighted by Gasteiger charge is -2.59. The average Bonchev–Trinajstić information content (AvgIpc) is 2.76. The van der Waals surface area contributed by atoms with Gasteiger partial charge in [0.1, 0.15) is 0 Å². The zero-order valence-electron chi connectivity index (χ0n) is 15.6. The van der Waals surface area contributed by atoms with Crippen LogP contribution in [0.2, 0.25) is 0 Å². The Morgan fingerprint density at radius 1 is 1.27 bits per heavy atom. The fourth-order valence-electron chi connectivity index (χ4n) is 7.13. The molecule has 0 aromatic carbocycles. The van der Waals surface area contributed by atoms with Crippen LogP contribution in [0.3, 0.4) is 0 Å². The highest BCUT2D eigenvalue weighted by molar-refractivity contribution is 5.84. The Morgan fingerprint density at radius 3 is 2.62 bits per heavy atom. The van der Waals surface area contributed by atoms with Gasteiger partial charge >= 0.3 is 5.97 Å². The van der Waals surface area contributed by atoms with E-state index in [0.29, 0.717) is 18.4 Å². The summed E-state index contributed by atoms with van der Waals surface area (Å²) in [6, 6.07) is 0. The molecule has 0 aliphatic heterocycles. The van der Waals surface area contributed by atoms with Gasteiger partial charge < -0.3 is 20.4 Å². The molecule has 144 valence electrons. The normalized spacial score (nSPS) is 53.3. The summed E-state index contributed by atoms with van der Waals surface area (Å²) < 4.78 is 0. The first-order valence-corrected chi connectivity index (χ1v) is 9.75. The molecule has 3 saturated carbocycles. The van der Waals surface area contributed by atoms with Crippen molar-refractivity contribution in [1.29, 1.82) is 0 Å². The van der Waals surface area contributed by atoms with Crippen molar-refractivity contribution in [3.63, 3.8) is 0 Å². The zero-order chi connectivity index (χ0) is 19.1. The number of rotatable bonds is 1. The molecule has 0 spiro atoms. The van der Waals surface area contributed by atoms with E-state index in [9.17, 15) is 25.2 Å². The van der Waals surface area contributed by atoms with Crippen LogP contribution in [0.15, 0.2) is 23.8 Å². The van der Waals surface area contributed by atoms with Crippen molar-refractivity contribution in [3.8, 4) is 0 Å². The second kappa shape index (κ2) is 5.43. The highest BCUT2D eigenvalue weighted by Crippen LogP contribution is 2.68. The molecule has 5 heteroatoms. The number of carboxylic acid groups (broad SMARTS) is 1. The van der Waals surface area contributed by atoms with Gasteiger partial charge in [-0.3, -0.25) is 0 Å². The number of carboxylic acids is 1. The maximum Gasteiger partial charge on any atom is 0.340 e. The summed E-state index contributed by atoms with van der Waals surface area (Å²) in [5, 5.41) is 42.1. The average molecular weight is 362 g/mol. The molecule has 4 aliphatic carbocycles.